The van der Waals surface area contributed by atoms with Crippen LogP contribution in [0.2, 0.25) is 0 Å². The molecule has 0 radical (unpaired) electrons. The van der Waals surface area contributed by atoms with Gasteiger partial charge in [-0.2, -0.15) is 0 Å². The number of methoxy groups -OCH3 is 1. The van der Waals surface area contributed by atoms with Gasteiger partial charge in [0.05, 0.1) is 24.2 Å². The van der Waals surface area contributed by atoms with Gasteiger partial charge in [0.15, 0.2) is 0 Å². The molecule has 1 unspecified atom stereocenters. The zero-order valence-corrected chi connectivity index (χ0v) is 10.1. The molecule has 1 aromatic rings. The maximum absolute atomic E-state index is 11.6. The maximum atomic E-state index is 11.6. The third kappa shape index (κ3) is 1.75. The molecule has 0 spiro atoms. The van der Waals surface area contributed by atoms with E-state index in [1.54, 1.807) is 0 Å². The molecule has 0 amide bonds. The summed E-state index contributed by atoms with van der Waals surface area (Å²) >= 11 is 1.39. The summed E-state index contributed by atoms with van der Waals surface area (Å²) in [7, 11) is 1.35. The van der Waals surface area contributed by atoms with Crippen molar-refractivity contribution in [2.24, 2.45) is 0 Å². The van der Waals surface area contributed by atoms with Crippen molar-refractivity contribution < 1.29 is 19.4 Å². The molecule has 4 nitrogen and oxygen atoms in total. The lowest BCUT2D eigenvalue weighted by molar-refractivity contribution is 0.0241. The first-order valence-electron chi connectivity index (χ1n) is 5.05. The van der Waals surface area contributed by atoms with Crippen molar-refractivity contribution >= 4 is 17.3 Å². The minimum absolute atomic E-state index is 0.247. The summed E-state index contributed by atoms with van der Waals surface area (Å²) in [4.78, 5) is 12.3. The third-order valence-electron chi connectivity index (χ3n) is 2.79. The average molecular weight is 242 g/mol. The van der Waals surface area contributed by atoms with Gasteiger partial charge in [0.2, 0.25) is 0 Å². The maximum Gasteiger partial charge on any atom is 0.339 e. The van der Waals surface area contributed by atoms with E-state index in [9.17, 15) is 9.90 Å². The van der Waals surface area contributed by atoms with Crippen LogP contribution in [0.15, 0.2) is 5.38 Å². The zero-order chi connectivity index (χ0) is 11.8. The number of thiophene rings is 1. The third-order valence-corrected chi connectivity index (χ3v) is 4.08. The number of esters is 1. The Morgan fingerprint density at radius 2 is 2.44 bits per heavy atom. The van der Waals surface area contributed by atoms with Crippen LogP contribution in [0.4, 0.5) is 0 Å². The van der Waals surface area contributed by atoms with Crippen molar-refractivity contribution in [3.63, 3.8) is 0 Å². The molecule has 16 heavy (non-hydrogen) atoms. The Bertz CT molecular complexity index is 404. The standard InChI is InChI=1S/C11H14O4S/c1-7-5-16-9(8(7)10(12)14-2)11(13)3-4-15-6-11/h5,13H,3-4,6H2,1-2H3. The number of hydrogen-bond donors (Lipinski definition) is 1. The van der Waals surface area contributed by atoms with Crippen molar-refractivity contribution in [1.29, 1.82) is 0 Å². The van der Waals surface area contributed by atoms with E-state index in [0.717, 1.165) is 5.56 Å². The number of ether oxygens (including phenoxy) is 2. The lowest BCUT2D eigenvalue weighted by atomic mass is 9.96. The molecular formula is C11H14O4S. The van der Waals surface area contributed by atoms with E-state index >= 15 is 0 Å². The first-order valence-corrected chi connectivity index (χ1v) is 5.93. The van der Waals surface area contributed by atoms with Gasteiger partial charge in [0.25, 0.3) is 0 Å². The smallest absolute Gasteiger partial charge is 0.339 e. The highest BCUT2D eigenvalue weighted by atomic mass is 32.1. The fourth-order valence-corrected chi connectivity index (χ4v) is 3.03. The predicted molar refractivity (Wildman–Crippen MR) is 59.7 cm³/mol. The van der Waals surface area contributed by atoms with Gasteiger partial charge in [-0.15, -0.1) is 11.3 Å². The molecule has 1 fully saturated rings. The highest BCUT2D eigenvalue weighted by Gasteiger charge is 2.39. The van der Waals surface area contributed by atoms with Gasteiger partial charge >= 0.3 is 5.97 Å². The lowest BCUT2D eigenvalue weighted by Gasteiger charge is -2.20. The van der Waals surface area contributed by atoms with E-state index in [0.29, 0.717) is 23.5 Å². The summed E-state index contributed by atoms with van der Waals surface area (Å²) in [6, 6.07) is 0. The molecule has 1 atom stereocenters. The van der Waals surface area contributed by atoms with Gasteiger partial charge in [0, 0.05) is 13.0 Å². The van der Waals surface area contributed by atoms with E-state index in [1.165, 1.54) is 18.4 Å². The number of carbonyl (C=O) groups is 1. The predicted octanol–water partition coefficient (Wildman–Crippen LogP) is 1.45. The number of carbonyl (C=O) groups excluding carboxylic acids is 1. The Morgan fingerprint density at radius 1 is 1.69 bits per heavy atom. The second-order valence-electron chi connectivity index (χ2n) is 3.95. The van der Waals surface area contributed by atoms with Crippen LogP contribution in [0.1, 0.15) is 27.2 Å². The molecule has 1 aliphatic heterocycles. The number of hydrogen-bond acceptors (Lipinski definition) is 5. The molecule has 0 aliphatic carbocycles. The fraction of sp³-hybridized carbons (Fsp3) is 0.545. The highest BCUT2D eigenvalue weighted by molar-refractivity contribution is 7.10. The Balaban J connectivity index is 2.45. The van der Waals surface area contributed by atoms with E-state index in [4.69, 9.17) is 9.47 Å². The second kappa shape index (κ2) is 4.16. The average Bonchev–Trinajstić information content (AvgIpc) is 2.85. The molecule has 5 heteroatoms. The molecular weight excluding hydrogens is 228 g/mol. The molecule has 2 rings (SSSR count). The molecule has 88 valence electrons. The van der Waals surface area contributed by atoms with Gasteiger partial charge in [-0.3, -0.25) is 0 Å². The summed E-state index contributed by atoms with van der Waals surface area (Å²) in [6.07, 6.45) is 0.525. The van der Waals surface area contributed by atoms with Crippen LogP contribution < -0.4 is 0 Å². The normalized spacial score (nSPS) is 24.7. The van der Waals surface area contributed by atoms with Crippen LogP contribution in [0, 0.1) is 6.92 Å². The van der Waals surface area contributed by atoms with E-state index in [1.807, 2.05) is 12.3 Å². The second-order valence-corrected chi connectivity index (χ2v) is 4.83. The van der Waals surface area contributed by atoms with Crippen molar-refractivity contribution in [1.82, 2.24) is 0 Å². The lowest BCUT2D eigenvalue weighted by Crippen LogP contribution is -2.27. The highest BCUT2D eigenvalue weighted by Crippen LogP contribution is 2.38. The quantitative estimate of drug-likeness (QED) is 0.797. The summed E-state index contributed by atoms with van der Waals surface area (Å²) < 4.78 is 9.93. The Kier molecular flexibility index (Phi) is 3.01. The largest absolute Gasteiger partial charge is 0.465 e. The van der Waals surface area contributed by atoms with Crippen molar-refractivity contribution in [3.05, 3.63) is 21.4 Å². The van der Waals surface area contributed by atoms with Crippen LogP contribution in [0.3, 0.4) is 0 Å². The summed E-state index contributed by atoms with van der Waals surface area (Å²) in [5, 5.41) is 12.2. The molecule has 0 bridgehead atoms. The number of aliphatic hydroxyl groups is 1. The minimum Gasteiger partial charge on any atom is -0.465 e. The topological polar surface area (TPSA) is 55.8 Å². The van der Waals surface area contributed by atoms with Gasteiger partial charge in [-0.25, -0.2) is 4.79 Å². The van der Waals surface area contributed by atoms with Crippen LogP contribution in [0.25, 0.3) is 0 Å². The fourth-order valence-electron chi connectivity index (χ4n) is 1.88. The van der Waals surface area contributed by atoms with Gasteiger partial charge in [-0.1, -0.05) is 0 Å². The van der Waals surface area contributed by atoms with Gasteiger partial charge in [-0.05, 0) is 17.9 Å². The van der Waals surface area contributed by atoms with Crippen molar-refractivity contribution in [2.75, 3.05) is 20.3 Å². The molecule has 1 aliphatic rings. The summed E-state index contributed by atoms with van der Waals surface area (Å²) in [6.45, 7) is 2.61. The first-order chi connectivity index (χ1) is 7.58. The Morgan fingerprint density at radius 3 is 3.00 bits per heavy atom. The van der Waals surface area contributed by atoms with Crippen LogP contribution in [-0.2, 0) is 15.1 Å². The van der Waals surface area contributed by atoms with Gasteiger partial charge in [0.1, 0.15) is 5.60 Å². The van der Waals surface area contributed by atoms with Crippen LogP contribution in [-0.4, -0.2) is 31.4 Å². The Hall–Kier alpha value is -0.910. The monoisotopic (exact) mass is 242 g/mol. The minimum atomic E-state index is -1.03. The molecule has 0 aromatic carbocycles. The number of aryl methyl sites for hydroxylation is 1. The van der Waals surface area contributed by atoms with E-state index < -0.39 is 11.6 Å². The summed E-state index contributed by atoms with van der Waals surface area (Å²) in [5.41, 5.74) is 0.301. The molecule has 2 heterocycles. The van der Waals surface area contributed by atoms with Crippen molar-refractivity contribution in [2.45, 2.75) is 18.9 Å². The molecule has 1 aromatic heterocycles. The van der Waals surface area contributed by atoms with Gasteiger partial charge < -0.3 is 14.6 Å². The summed E-state index contributed by atoms with van der Waals surface area (Å²) in [5.74, 6) is -0.394. The van der Waals surface area contributed by atoms with E-state index in [2.05, 4.69) is 0 Å². The van der Waals surface area contributed by atoms with Crippen molar-refractivity contribution in [3.8, 4) is 0 Å². The van der Waals surface area contributed by atoms with Crippen LogP contribution in [0.5, 0.6) is 0 Å². The number of rotatable bonds is 2. The zero-order valence-electron chi connectivity index (χ0n) is 9.28. The molecule has 1 saturated heterocycles. The molecule has 0 saturated carbocycles. The Labute approximate surface area is 97.8 Å². The van der Waals surface area contributed by atoms with E-state index in [-0.39, 0.29) is 6.61 Å². The first kappa shape index (κ1) is 11.6. The van der Waals surface area contributed by atoms with Crippen LogP contribution >= 0.6 is 11.3 Å². The SMILES string of the molecule is COC(=O)c1c(C)csc1C1(O)CCOC1. The molecule has 1 N–H and O–H groups in total.